The molecule has 2 heterocycles. The van der Waals surface area contributed by atoms with Crippen molar-refractivity contribution in [1.29, 1.82) is 0 Å². The van der Waals surface area contributed by atoms with Crippen LogP contribution >= 0.6 is 47.2 Å². The van der Waals surface area contributed by atoms with Crippen molar-refractivity contribution in [2.45, 2.75) is 25.9 Å². The Hall–Kier alpha value is -1.19. The smallest absolute Gasteiger partial charge is 0.213 e. The predicted molar refractivity (Wildman–Crippen MR) is 120 cm³/mol. The van der Waals surface area contributed by atoms with Crippen molar-refractivity contribution in [2.75, 3.05) is 13.7 Å². The van der Waals surface area contributed by atoms with Crippen LogP contribution in [0.1, 0.15) is 24.1 Å². The van der Waals surface area contributed by atoms with Crippen LogP contribution in [-0.4, -0.2) is 29.2 Å². The molecule has 3 rings (SSSR count). The van der Waals surface area contributed by atoms with Gasteiger partial charge in [0.05, 0.1) is 18.2 Å². The van der Waals surface area contributed by atoms with Crippen molar-refractivity contribution in [3.8, 4) is 5.88 Å². The molecule has 9 heteroatoms. The molecule has 2 N–H and O–H groups in total. The van der Waals surface area contributed by atoms with E-state index in [2.05, 4.69) is 20.6 Å². The number of rotatable bonds is 7. The van der Waals surface area contributed by atoms with Gasteiger partial charge in [-0.15, -0.1) is 24.0 Å². The summed E-state index contributed by atoms with van der Waals surface area (Å²) in [6.45, 7) is 1.94. The lowest BCUT2D eigenvalue weighted by molar-refractivity contribution is 0.288. The lowest BCUT2D eigenvalue weighted by atomic mass is 10.2. The van der Waals surface area contributed by atoms with Gasteiger partial charge in [0.15, 0.2) is 5.96 Å². The minimum atomic E-state index is 0. The SMILES string of the molecule is CN=C(NCc1ccnc(OCC2CC2)c1)NCc1cc(Cl)c(Cl)n1C.I. The van der Waals surface area contributed by atoms with E-state index in [4.69, 9.17) is 27.9 Å². The number of aromatic nitrogens is 2. The third-order valence-corrected chi connectivity index (χ3v) is 5.14. The second-order valence-corrected chi connectivity index (χ2v) is 7.13. The van der Waals surface area contributed by atoms with Crippen molar-refractivity contribution in [1.82, 2.24) is 20.2 Å². The Bertz CT molecular complexity index is 792. The Kier molecular flexibility index (Phi) is 8.50. The number of pyridine rings is 1. The van der Waals surface area contributed by atoms with Gasteiger partial charge in [-0.3, -0.25) is 4.99 Å². The zero-order chi connectivity index (χ0) is 18.5. The molecule has 0 unspecified atom stereocenters. The third kappa shape index (κ3) is 6.43. The van der Waals surface area contributed by atoms with Crippen LogP contribution in [0.15, 0.2) is 29.4 Å². The molecule has 1 fully saturated rings. The van der Waals surface area contributed by atoms with E-state index in [9.17, 15) is 0 Å². The van der Waals surface area contributed by atoms with Crippen LogP contribution < -0.4 is 15.4 Å². The van der Waals surface area contributed by atoms with E-state index in [1.807, 2.05) is 29.8 Å². The van der Waals surface area contributed by atoms with Crippen LogP contribution in [-0.2, 0) is 20.1 Å². The summed E-state index contributed by atoms with van der Waals surface area (Å²) in [6, 6.07) is 5.76. The van der Waals surface area contributed by atoms with Crippen molar-refractivity contribution in [3.63, 3.8) is 0 Å². The average Bonchev–Trinajstić information content (AvgIpc) is 3.45. The number of aliphatic imine (C=N–C) groups is 1. The molecule has 0 amide bonds. The fourth-order valence-corrected chi connectivity index (χ4v) is 2.88. The highest BCUT2D eigenvalue weighted by Gasteiger charge is 2.22. The zero-order valence-electron chi connectivity index (χ0n) is 15.3. The van der Waals surface area contributed by atoms with Gasteiger partial charge in [0.1, 0.15) is 5.15 Å². The monoisotopic (exact) mass is 523 g/mol. The summed E-state index contributed by atoms with van der Waals surface area (Å²) >= 11 is 12.1. The molecule has 0 saturated heterocycles. The van der Waals surface area contributed by atoms with Gasteiger partial charge in [-0.2, -0.15) is 0 Å². The Labute approximate surface area is 186 Å². The van der Waals surface area contributed by atoms with Crippen molar-refractivity contribution in [2.24, 2.45) is 18.0 Å². The van der Waals surface area contributed by atoms with Crippen LogP contribution in [0.3, 0.4) is 0 Å². The molecule has 0 aromatic carbocycles. The van der Waals surface area contributed by atoms with E-state index in [1.54, 1.807) is 13.2 Å². The molecule has 0 spiro atoms. The van der Waals surface area contributed by atoms with E-state index in [0.717, 1.165) is 17.9 Å². The van der Waals surface area contributed by atoms with Crippen molar-refractivity contribution >= 4 is 53.1 Å². The van der Waals surface area contributed by atoms with Crippen molar-refractivity contribution < 1.29 is 4.74 Å². The maximum atomic E-state index is 6.09. The Balaban J connectivity index is 0.00000261. The molecule has 0 radical (unpaired) electrons. The fraction of sp³-hybridized carbons (Fsp3) is 0.444. The first-order valence-electron chi connectivity index (χ1n) is 8.58. The summed E-state index contributed by atoms with van der Waals surface area (Å²) in [6.07, 6.45) is 4.30. The van der Waals surface area contributed by atoms with Crippen LogP contribution in [0.2, 0.25) is 10.2 Å². The predicted octanol–water partition coefficient (Wildman–Crippen LogP) is 4.00. The lowest BCUT2D eigenvalue weighted by Gasteiger charge is -2.13. The maximum absolute atomic E-state index is 6.09. The Morgan fingerprint density at radius 2 is 2.04 bits per heavy atom. The molecular weight excluding hydrogens is 500 g/mol. The molecule has 1 saturated carbocycles. The second-order valence-electron chi connectivity index (χ2n) is 6.37. The number of guanidine groups is 1. The molecule has 0 bridgehead atoms. The molecular formula is C18H24Cl2IN5O. The first kappa shape index (κ1) is 22.1. The molecule has 6 nitrogen and oxygen atoms in total. The number of halogens is 3. The summed E-state index contributed by atoms with van der Waals surface area (Å²) in [5.41, 5.74) is 2.06. The zero-order valence-corrected chi connectivity index (χ0v) is 19.2. The summed E-state index contributed by atoms with van der Waals surface area (Å²) in [5.74, 6) is 2.07. The highest BCUT2D eigenvalue weighted by atomic mass is 127. The van der Waals surface area contributed by atoms with Crippen LogP contribution in [0.4, 0.5) is 0 Å². The van der Waals surface area contributed by atoms with Crippen LogP contribution in [0, 0.1) is 5.92 Å². The number of hydrogen-bond acceptors (Lipinski definition) is 3. The van der Waals surface area contributed by atoms with Crippen LogP contribution in [0.25, 0.3) is 0 Å². The summed E-state index contributed by atoms with van der Waals surface area (Å²) in [5, 5.41) is 7.61. The van der Waals surface area contributed by atoms with Crippen LogP contribution in [0.5, 0.6) is 5.88 Å². The van der Waals surface area contributed by atoms with Gasteiger partial charge >= 0.3 is 0 Å². The molecule has 0 aliphatic heterocycles. The number of hydrogen-bond donors (Lipinski definition) is 2. The molecule has 148 valence electrons. The molecule has 27 heavy (non-hydrogen) atoms. The number of nitrogens with zero attached hydrogens (tertiary/aromatic N) is 3. The molecule has 1 aliphatic carbocycles. The third-order valence-electron chi connectivity index (χ3n) is 4.30. The fourth-order valence-electron chi connectivity index (χ4n) is 2.47. The summed E-state index contributed by atoms with van der Waals surface area (Å²) in [4.78, 5) is 8.50. The normalized spacial score (nSPS) is 13.9. The van der Waals surface area contributed by atoms with Gasteiger partial charge in [0.25, 0.3) is 0 Å². The largest absolute Gasteiger partial charge is 0.477 e. The quantitative estimate of drug-likeness (QED) is 0.327. The van der Waals surface area contributed by atoms with Gasteiger partial charge in [0, 0.05) is 38.6 Å². The lowest BCUT2D eigenvalue weighted by Crippen LogP contribution is -2.36. The molecule has 2 aromatic heterocycles. The maximum Gasteiger partial charge on any atom is 0.213 e. The van der Waals surface area contributed by atoms with Gasteiger partial charge in [-0.25, -0.2) is 4.98 Å². The minimum Gasteiger partial charge on any atom is -0.477 e. The minimum absolute atomic E-state index is 0. The van der Waals surface area contributed by atoms with E-state index in [1.165, 1.54) is 12.8 Å². The Morgan fingerprint density at radius 3 is 2.67 bits per heavy atom. The van der Waals surface area contributed by atoms with Gasteiger partial charge in [-0.05, 0) is 36.5 Å². The van der Waals surface area contributed by atoms with E-state index >= 15 is 0 Å². The number of nitrogens with one attached hydrogen (secondary N) is 2. The summed E-state index contributed by atoms with van der Waals surface area (Å²) < 4.78 is 7.57. The van der Waals surface area contributed by atoms with E-state index in [-0.39, 0.29) is 24.0 Å². The van der Waals surface area contributed by atoms with Crippen molar-refractivity contribution in [3.05, 3.63) is 45.8 Å². The van der Waals surface area contributed by atoms with E-state index in [0.29, 0.717) is 41.0 Å². The average molecular weight is 524 g/mol. The first-order valence-corrected chi connectivity index (χ1v) is 9.34. The molecule has 2 aromatic rings. The highest BCUT2D eigenvalue weighted by Crippen LogP contribution is 2.29. The molecule has 1 aliphatic rings. The van der Waals surface area contributed by atoms with Gasteiger partial charge in [-0.1, -0.05) is 23.2 Å². The Morgan fingerprint density at radius 1 is 1.30 bits per heavy atom. The van der Waals surface area contributed by atoms with Gasteiger partial charge < -0.3 is 19.9 Å². The number of ether oxygens (including phenoxy) is 1. The molecule has 0 atom stereocenters. The standard InChI is InChI=1S/C18H23Cl2N5O.HI/c1-21-18(24-10-14-8-15(19)17(20)25(14)2)23-9-13-5-6-22-16(7-13)26-11-12-3-4-12;/h5-8,12H,3-4,9-11H2,1-2H3,(H2,21,23,24);1H. The van der Waals surface area contributed by atoms with Gasteiger partial charge in [0.2, 0.25) is 5.88 Å². The topological polar surface area (TPSA) is 63.5 Å². The second kappa shape index (κ2) is 10.4. The summed E-state index contributed by atoms with van der Waals surface area (Å²) in [7, 11) is 3.61. The highest BCUT2D eigenvalue weighted by molar-refractivity contribution is 14.0. The first-order chi connectivity index (χ1) is 12.6. The van der Waals surface area contributed by atoms with E-state index < -0.39 is 0 Å².